The van der Waals surface area contributed by atoms with Crippen LogP contribution in [0.15, 0.2) is 29.3 Å². The number of ether oxygens (including phenoxy) is 1. The lowest BCUT2D eigenvalue weighted by molar-refractivity contribution is 0.0342. The van der Waals surface area contributed by atoms with E-state index >= 15 is 0 Å². The van der Waals surface area contributed by atoms with E-state index in [0.29, 0.717) is 5.41 Å². The van der Waals surface area contributed by atoms with Crippen LogP contribution < -0.4 is 5.32 Å². The summed E-state index contributed by atoms with van der Waals surface area (Å²) in [5, 5.41) is 3.52. The molecule has 3 rings (SSSR count). The van der Waals surface area contributed by atoms with Crippen LogP contribution >= 0.6 is 0 Å². The summed E-state index contributed by atoms with van der Waals surface area (Å²) < 4.78 is 5.41. The molecular weight excluding hydrogens is 312 g/mol. The van der Waals surface area contributed by atoms with Crippen LogP contribution in [0, 0.1) is 5.41 Å². The molecule has 2 saturated heterocycles. The molecule has 0 unspecified atom stereocenters. The van der Waals surface area contributed by atoms with Crippen molar-refractivity contribution >= 4 is 5.96 Å². The Morgan fingerprint density at radius 2 is 1.80 bits per heavy atom. The highest BCUT2D eigenvalue weighted by Gasteiger charge is 2.30. The van der Waals surface area contributed by atoms with Crippen LogP contribution in [-0.4, -0.2) is 62.2 Å². The van der Waals surface area contributed by atoms with E-state index in [0.717, 1.165) is 58.4 Å². The maximum absolute atomic E-state index is 5.41. The van der Waals surface area contributed by atoms with Gasteiger partial charge in [-0.1, -0.05) is 38.1 Å². The average molecular weight is 345 g/mol. The first-order valence-corrected chi connectivity index (χ1v) is 9.39. The number of nitrogens with zero attached hydrogens (tertiary/aromatic N) is 3. The number of nitrogens with one attached hydrogen (secondary N) is 1. The van der Waals surface area contributed by atoms with Gasteiger partial charge in [-0.3, -0.25) is 9.89 Å². The van der Waals surface area contributed by atoms with E-state index in [1.54, 1.807) is 0 Å². The Hall–Kier alpha value is -1.59. The Balaban J connectivity index is 1.49. The first-order chi connectivity index (χ1) is 12.1. The molecule has 0 saturated carbocycles. The molecule has 25 heavy (non-hydrogen) atoms. The van der Waals surface area contributed by atoms with Crippen molar-refractivity contribution in [2.24, 2.45) is 10.4 Å². The monoisotopic (exact) mass is 344 g/mol. The molecular formula is C20H32N4O. The van der Waals surface area contributed by atoms with E-state index in [2.05, 4.69) is 58.2 Å². The topological polar surface area (TPSA) is 40.1 Å². The molecule has 5 heteroatoms. The molecule has 1 aromatic carbocycles. The highest BCUT2D eigenvalue weighted by atomic mass is 16.5. The summed E-state index contributed by atoms with van der Waals surface area (Å²) in [4.78, 5) is 9.28. The van der Waals surface area contributed by atoms with Gasteiger partial charge in [0.1, 0.15) is 0 Å². The van der Waals surface area contributed by atoms with Crippen molar-refractivity contribution in [3.8, 4) is 0 Å². The van der Waals surface area contributed by atoms with Crippen molar-refractivity contribution in [1.82, 2.24) is 15.1 Å². The summed E-state index contributed by atoms with van der Waals surface area (Å²) in [6.45, 7) is 12.4. The third kappa shape index (κ3) is 5.19. The molecule has 0 spiro atoms. The molecule has 0 bridgehead atoms. The van der Waals surface area contributed by atoms with Crippen molar-refractivity contribution in [2.45, 2.75) is 33.4 Å². The van der Waals surface area contributed by atoms with Crippen LogP contribution in [0.4, 0.5) is 0 Å². The smallest absolute Gasteiger partial charge is 0.193 e. The zero-order valence-electron chi connectivity index (χ0n) is 15.9. The predicted molar refractivity (Wildman–Crippen MR) is 103 cm³/mol. The number of aliphatic imine (C=N–C) groups is 1. The molecule has 0 atom stereocenters. The minimum Gasteiger partial charge on any atom is -0.379 e. The van der Waals surface area contributed by atoms with Gasteiger partial charge < -0.3 is 15.0 Å². The maximum Gasteiger partial charge on any atom is 0.193 e. The first-order valence-electron chi connectivity index (χ1n) is 9.39. The van der Waals surface area contributed by atoms with Crippen LogP contribution in [0.2, 0.25) is 0 Å². The minimum absolute atomic E-state index is 0.388. The normalized spacial score (nSPS) is 21.6. The molecule has 2 aliphatic rings. The van der Waals surface area contributed by atoms with Gasteiger partial charge in [0.05, 0.1) is 13.2 Å². The fourth-order valence-electron chi connectivity index (χ4n) is 3.59. The first kappa shape index (κ1) is 18.2. The summed E-state index contributed by atoms with van der Waals surface area (Å²) >= 11 is 0. The third-order valence-corrected chi connectivity index (χ3v) is 5.17. The van der Waals surface area contributed by atoms with E-state index in [1.165, 1.54) is 17.5 Å². The molecule has 0 radical (unpaired) electrons. The number of likely N-dealkylation sites (tertiary alicyclic amines) is 1. The van der Waals surface area contributed by atoms with Gasteiger partial charge in [0.25, 0.3) is 0 Å². The number of guanidine groups is 1. The van der Waals surface area contributed by atoms with Crippen LogP contribution in [0.25, 0.3) is 0 Å². The Bertz CT molecular complexity index is 576. The molecule has 0 aromatic heterocycles. The zero-order valence-corrected chi connectivity index (χ0v) is 15.9. The lowest BCUT2D eigenvalue weighted by atomic mass is 9.93. The molecule has 1 N–H and O–H groups in total. The van der Waals surface area contributed by atoms with Gasteiger partial charge in [0, 0.05) is 46.3 Å². The summed E-state index contributed by atoms with van der Waals surface area (Å²) in [6, 6.07) is 8.94. The number of rotatable bonds is 4. The lowest BCUT2D eigenvalue weighted by Crippen LogP contribution is -2.40. The van der Waals surface area contributed by atoms with Crippen LogP contribution in [0.1, 0.15) is 31.4 Å². The lowest BCUT2D eigenvalue weighted by Gasteiger charge is -2.26. The second-order valence-electron chi connectivity index (χ2n) is 7.94. The Labute approximate surface area is 152 Å². The van der Waals surface area contributed by atoms with Gasteiger partial charge in [-0.05, 0) is 23.0 Å². The van der Waals surface area contributed by atoms with Crippen molar-refractivity contribution in [3.05, 3.63) is 35.4 Å². The fourth-order valence-corrected chi connectivity index (χ4v) is 3.59. The average Bonchev–Trinajstić information content (AvgIpc) is 2.98. The van der Waals surface area contributed by atoms with E-state index in [9.17, 15) is 0 Å². The molecule has 1 aromatic rings. The Kier molecular flexibility index (Phi) is 5.97. The molecule has 2 fully saturated rings. The molecule has 2 aliphatic heterocycles. The van der Waals surface area contributed by atoms with Crippen molar-refractivity contribution < 1.29 is 4.74 Å². The molecule has 2 heterocycles. The van der Waals surface area contributed by atoms with Gasteiger partial charge in [0.2, 0.25) is 0 Å². The molecule has 138 valence electrons. The summed E-state index contributed by atoms with van der Waals surface area (Å²) in [5.74, 6) is 1.02. The van der Waals surface area contributed by atoms with E-state index < -0.39 is 0 Å². The van der Waals surface area contributed by atoms with E-state index in [4.69, 9.17) is 4.74 Å². The quantitative estimate of drug-likeness (QED) is 0.672. The van der Waals surface area contributed by atoms with E-state index in [-0.39, 0.29) is 0 Å². The summed E-state index contributed by atoms with van der Waals surface area (Å²) in [6.07, 6.45) is 1.23. The number of morpholine rings is 1. The standard InChI is InChI=1S/C20H32N4O/c1-20(2)8-9-24(16-20)19(21-3)22-14-17-4-6-18(7-5-17)15-23-10-12-25-13-11-23/h4-7H,8-16H2,1-3H3,(H,21,22). The zero-order chi connectivity index (χ0) is 17.7. The highest BCUT2D eigenvalue weighted by Crippen LogP contribution is 2.28. The van der Waals surface area contributed by atoms with Crippen LogP contribution in [0.3, 0.4) is 0 Å². The third-order valence-electron chi connectivity index (χ3n) is 5.17. The Morgan fingerprint density at radius 3 is 2.40 bits per heavy atom. The van der Waals surface area contributed by atoms with Crippen LogP contribution in [0.5, 0.6) is 0 Å². The minimum atomic E-state index is 0.388. The maximum atomic E-state index is 5.41. The molecule has 5 nitrogen and oxygen atoms in total. The largest absolute Gasteiger partial charge is 0.379 e. The fraction of sp³-hybridized carbons (Fsp3) is 0.650. The van der Waals surface area contributed by atoms with Gasteiger partial charge in [-0.15, -0.1) is 0 Å². The van der Waals surface area contributed by atoms with Gasteiger partial charge >= 0.3 is 0 Å². The summed E-state index contributed by atoms with van der Waals surface area (Å²) in [7, 11) is 1.87. The second kappa shape index (κ2) is 8.19. The predicted octanol–water partition coefficient (Wildman–Crippen LogP) is 2.33. The van der Waals surface area contributed by atoms with Crippen molar-refractivity contribution in [3.63, 3.8) is 0 Å². The number of hydrogen-bond acceptors (Lipinski definition) is 3. The van der Waals surface area contributed by atoms with Crippen LogP contribution in [-0.2, 0) is 17.8 Å². The van der Waals surface area contributed by atoms with Gasteiger partial charge in [-0.2, -0.15) is 0 Å². The SMILES string of the molecule is CN=C(NCc1ccc(CN2CCOCC2)cc1)N1CCC(C)(C)C1. The number of benzene rings is 1. The second-order valence-corrected chi connectivity index (χ2v) is 7.94. The molecule has 0 aliphatic carbocycles. The van der Waals surface area contributed by atoms with E-state index in [1.807, 2.05) is 7.05 Å². The molecule has 0 amide bonds. The van der Waals surface area contributed by atoms with Gasteiger partial charge in [0.15, 0.2) is 5.96 Å². The number of hydrogen-bond donors (Lipinski definition) is 1. The summed E-state index contributed by atoms with van der Waals surface area (Å²) in [5.41, 5.74) is 3.06. The highest BCUT2D eigenvalue weighted by molar-refractivity contribution is 5.80. The van der Waals surface area contributed by atoms with Crippen molar-refractivity contribution in [2.75, 3.05) is 46.4 Å². The Morgan fingerprint density at radius 1 is 1.12 bits per heavy atom. The van der Waals surface area contributed by atoms with Crippen molar-refractivity contribution in [1.29, 1.82) is 0 Å². The van der Waals surface area contributed by atoms with Gasteiger partial charge in [-0.25, -0.2) is 0 Å².